The Hall–Kier alpha value is -1.34. The number of aryl methyl sites for hydroxylation is 2. The van der Waals surface area contributed by atoms with Crippen molar-refractivity contribution < 1.29 is 4.79 Å². The second-order valence-corrected chi connectivity index (χ2v) is 9.85. The molecule has 0 aromatic carbocycles. The first kappa shape index (κ1) is 20.0. The van der Waals surface area contributed by atoms with Gasteiger partial charge in [-0.05, 0) is 50.5 Å². The van der Waals surface area contributed by atoms with Gasteiger partial charge in [-0.2, -0.15) is 0 Å². The van der Waals surface area contributed by atoms with Crippen molar-refractivity contribution in [3.05, 3.63) is 20.8 Å². The van der Waals surface area contributed by atoms with E-state index < -0.39 is 0 Å². The SMILES string of the molecule is CCCCCn1c(SCC(=O)N2CCCCC2)nc2sc3c(c2c1=O)CCC3. The highest BCUT2D eigenvalue weighted by atomic mass is 32.2. The number of carbonyl (C=O) groups is 1. The maximum atomic E-state index is 13.3. The first-order valence-corrected chi connectivity index (χ1v) is 12.4. The Morgan fingerprint density at radius 2 is 1.96 bits per heavy atom. The molecule has 5 nitrogen and oxygen atoms in total. The number of amides is 1. The smallest absolute Gasteiger partial charge is 0.263 e. The lowest BCUT2D eigenvalue weighted by Gasteiger charge is -2.26. The van der Waals surface area contributed by atoms with Crippen molar-refractivity contribution in [1.29, 1.82) is 0 Å². The molecular weight excluding hydrogens is 390 g/mol. The molecule has 1 fully saturated rings. The molecule has 1 aliphatic heterocycles. The van der Waals surface area contributed by atoms with E-state index in [2.05, 4.69) is 6.92 Å². The number of rotatable bonds is 7. The lowest BCUT2D eigenvalue weighted by Crippen LogP contribution is -2.37. The van der Waals surface area contributed by atoms with E-state index in [9.17, 15) is 9.59 Å². The summed E-state index contributed by atoms with van der Waals surface area (Å²) in [4.78, 5) is 35.0. The number of likely N-dealkylation sites (tertiary alicyclic amines) is 1. The van der Waals surface area contributed by atoms with Crippen LogP contribution in [0.3, 0.4) is 0 Å². The van der Waals surface area contributed by atoms with Crippen LogP contribution in [0.25, 0.3) is 10.2 Å². The highest BCUT2D eigenvalue weighted by Crippen LogP contribution is 2.35. The zero-order valence-electron chi connectivity index (χ0n) is 16.7. The number of thiophene rings is 1. The Morgan fingerprint density at radius 3 is 2.75 bits per heavy atom. The van der Waals surface area contributed by atoms with E-state index in [1.165, 1.54) is 28.6 Å². The number of hydrogen-bond donors (Lipinski definition) is 0. The molecule has 4 rings (SSSR count). The Labute approximate surface area is 174 Å². The normalized spacial score (nSPS) is 16.7. The molecule has 1 aliphatic carbocycles. The van der Waals surface area contributed by atoms with E-state index in [1.54, 1.807) is 11.3 Å². The Bertz CT molecular complexity index is 912. The van der Waals surface area contributed by atoms with Gasteiger partial charge < -0.3 is 4.90 Å². The van der Waals surface area contributed by atoms with Gasteiger partial charge in [-0.25, -0.2) is 4.98 Å². The fourth-order valence-corrected chi connectivity index (χ4v) is 6.48. The van der Waals surface area contributed by atoms with Crippen LogP contribution in [-0.2, 0) is 24.2 Å². The van der Waals surface area contributed by atoms with E-state index in [0.717, 1.165) is 79.8 Å². The first-order chi connectivity index (χ1) is 13.7. The molecule has 1 amide bonds. The van der Waals surface area contributed by atoms with Gasteiger partial charge in [0, 0.05) is 24.5 Å². The molecule has 0 atom stereocenters. The quantitative estimate of drug-likeness (QED) is 0.383. The van der Waals surface area contributed by atoms with Gasteiger partial charge in [-0.3, -0.25) is 14.2 Å². The monoisotopic (exact) mass is 419 g/mol. The fourth-order valence-electron chi connectivity index (χ4n) is 4.25. The highest BCUT2D eigenvalue weighted by molar-refractivity contribution is 7.99. The van der Waals surface area contributed by atoms with Crippen LogP contribution in [0.15, 0.2) is 9.95 Å². The van der Waals surface area contributed by atoms with Gasteiger partial charge in [-0.1, -0.05) is 31.5 Å². The Balaban J connectivity index is 1.60. The summed E-state index contributed by atoms with van der Waals surface area (Å²) in [5.41, 5.74) is 1.34. The fraction of sp³-hybridized carbons (Fsp3) is 0.667. The van der Waals surface area contributed by atoms with Crippen molar-refractivity contribution >= 4 is 39.2 Å². The number of hydrogen-bond acceptors (Lipinski definition) is 5. The minimum atomic E-state index is 0.105. The van der Waals surface area contributed by atoms with Gasteiger partial charge in [0.15, 0.2) is 5.16 Å². The van der Waals surface area contributed by atoms with E-state index in [-0.39, 0.29) is 11.5 Å². The predicted molar refractivity (Wildman–Crippen MR) is 117 cm³/mol. The topological polar surface area (TPSA) is 55.2 Å². The number of piperidine rings is 1. The molecule has 0 spiro atoms. The third kappa shape index (κ3) is 4.01. The second-order valence-electron chi connectivity index (χ2n) is 7.83. The van der Waals surface area contributed by atoms with Crippen molar-refractivity contribution in [2.45, 2.75) is 76.4 Å². The molecule has 3 heterocycles. The maximum absolute atomic E-state index is 13.3. The van der Waals surface area contributed by atoms with Gasteiger partial charge >= 0.3 is 0 Å². The van der Waals surface area contributed by atoms with Crippen LogP contribution in [0.1, 0.15) is 62.3 Å². The Morgan fingerprint density at radius 1 is 1.14 bits per heavy atom. The van der Waals surface area contributed by atoms with Gasteiger partial charge in [0.1, 0.15) is 4.83 Å². The first-order valence-electron chi connectivity index (χ1n) is 10.6. The third-order valence-electron chi connectivity index (χ3n) is 5.81. The summed E-state index contributed by atoms with van der Waals surface area (Å²) in [7, 11) is 0. The summed E-state index contributed by atoms with van der Waals surface area (Å²) in [5, 5.41) is 1.57. The largest absolute Gasteiger partial charge is 0.342 e. The molecule has 2 aromatic rings. The second kappa shape index (κ2) is 8.99. The molecule has 152 valence electrons. The summed E-state index contributed by atoms with van der Waals surface area (Å²) in [6.45, 7) is 4.60. The summed E-state index contributed by atoms with van der Waals surface area (Å²) in [6.07, 6.45) is 9.83. The van der Waals surface area contributed by atoms with Crippen LogP contribution >= 0.6 is 23.1 Å². The predicted octanol–water partition coefficient (Wildman–Crippen LogP) is 4.24. The average molecular weight is 420 g/mol. The van der Waals surface area contributed by atoms with Gasteiger partial charge in [-0.15, -0.1) is 11.3 Å². The van der Waals surface area contributed by atoms with E-state index in [0.29, 0.717) is 12.3 Å². The number of carbonyl (C=O) groups excluding carboxylic acids is 1. The van der Waals surface area contributed by atoms with Gasteiger partial charge in [0.2, 0.25) is 5.91 Å². The van der Waals surface area contributed by atoms with Crippen LogP contribution in [-0.4, -0.2) is 39.2 Å². The van der Waals surface area contributed by atoms with Crippen LogP contribution < -0.4 is 5.56 Å². The molecule has 0 unspecified atom stereocenters. The number of unbranched alkanes of at least 4 members (excludes halogenated alkanes) is 2. The zero-order valence-corrected chi connectivity index (χ0v) is 18.3. The van der Waals surface area contributed by atoms with Crippen molar-refractivity contribution in [1.82, 2.24) is 14.5 Å². The van der Waals surface area contributed by atoms with Crippen LogP contribution in [0.4, 0.5) is 0 Å². The highest BCUT2D eigenvalue weighted by Gasteiger charge is 2.24. The Kier molecular flexibility index (Phi) is 6.41. The third-order valence-corrected chi connectivity index (χ3v) is 7.96. The molecule has 0 radical (unpaired) electrons. The van der Waals surface area contributed by atoms with Crippen LogP contribution in [0, 0.1) is 0 Å². The lowest BCUT2D eigenvalue weighted by molar-refractivity contribution is -0.129. The molecule has 1 saturated heterocycles. The average Bonchev–Trinajstić information content (AvgIpc) is 3.29. The minimum absolute atomic E-state index is 0.105. The van der Waals surface area contributed by atoms with Crippen molar-refractivity contribution in [3.63, 3.8) is 0 Å². The van der Waals surface area contributed by atoms with E-state index in [1.807, 2.05) is 9.47 Å². The molecule has 28 heavy (non-hydrogen) atoms. The van der Waals surface area contributed by atoms with Crippen LogP contribution in [0.5, 0.6) is 0 Å². The zero-order chi connectivity index (χ0) is 19.5. The number of thioether (sulfide) groups is 1. The standard InChI is InChI=1S/C21H29N3O2S2/c1-2-3-5-13-24-20(26)18-15-9-8-10-16(15)28-19(18)22-21(24)27-14-17(25)23-11-6-4-7-12-23/h2-14H2,1H3. The molecule has 2 aliphatic rings. The van der Waals surface area contributed by atoms with E-state index in [4.69, 9.17) is 4.98 Å². The maximum Gasteiger partial charge on any atom is 0.263 e. The van der Waals surface area contributed by atoms with Gasteiger partial charge in [0.25, 0.3) is 5.56 Å². The molecule has 0 bridgehead atoms. The van der Waals surface area contributed by atoms with Gasteiger partial charge in [0.05, 0.1) is 11.1 Å². The molecule has 2 aromatic heterocycles. The summed E-state index contributed by atoms with van der Waals surface area (Å²) in [5.74, 6) is 0.546. The lowest BCUT2D eigenvalue weighted by atomic mass is 10.1. The van der Waals surface area contributed by atoms with Crippen molar-refractivity contribution in [2.24, 2.45) is 0 Å². The summed E-state index contributed by atoms with van der Waals surface area (Å²) in [6, 6.07) is 0. The number of fused-ring (bicyclic) bond motifs is 3. The van der Waals surface area contributed by atoms with Crippen LogP contribution in [0.2, 0.25) is 0 Å². The summed E-state index contributed by atoms with van der Waals surface area (Å²) < 4.78 is 1.84. The number of nitrogens with zero attached hydrogens (tertiary/aromatic N) is 3. The summed E-state index contributed by atoms with van der Waals surface area (Å²) >= 11 is 3.12. The number of aromatic nitrogens is 2. The molecule has 7 heteroatoms. The molecule has 0 saturated carbocycles. The molecule has 0 N–H and O–H groups in total. The minimum Gasteiger partial charge on any atom is -0.342 e. The molecular formula is C21H29N3O2S2. The van der Waals surface area contributed by atoms with Crippen molar-refractivity contribution in [3.8, 4) is 0 Å². The van der Waals surface area contributed by atoms with Crippen molar-refractivity contribution in [2.75, 3.05) is 18.8 Å². The van der Waals surface area contributed by atoms with E-state index >= 15 is 0 Å².